The van der Waals surface area contributed by atoms with Gasteiger partial charge in [0.2, 0.25) is 0 Å². The molecule has 1 aromatic carbocycles. The second kappa shape index (κ2) is 9.04. The quantitative estimate of drug-likeness (QED) is 0.723. The molecule has 0 radical (unpaired) electrons. The second-order valence-electron chi connectivity index (χ2n) is 6.50. The van der Waals surface area contributed by atoms with E-state index in [0.717, 1.165) is 10.4 Å². The van der Waals surface area contributed by atoms with Crippen LogP contribution in [0.1, 0.15) is 38.1 Å². The van der Waals surface area contributed by atoms with Crippen molar-refractivity contribution >= 4 is 34.2 Å². The molecule has 0 unspecified atom stereocenters. The number of thiophene rings is 1. The summed E-state index contributed by atoms with van der Waals surface area (Å²) in [5, 5.41) is 3.12. The molecule has 0 bridgehead atoms. The molecule has 2 heterocycles. The van der Waals surface area contributed by atoms with Gasteiger partial charge in [-0.15, -0.1) is 11.3 Å². The van der Waals surface area contributed by atoms with Gasteiger partial charge in [-0.1, -0.05) is 0 Å². The molecule has 30 heavy (non-hydrogen) atoms. The Kier molecular flexibility index (Phi) is 6.46. The standard InChI is InChI=1S/C20H23N3O6S/c1-4-29-20(26)23-6-5-14-15(10-23)30-19(16(14)17(21)24)22-18(25)11-7-12(27-2)9-13(8-11)28-3/h7-9H,4-6,10H2,1-3H3,(H2,21,24)(H,22,25). The molecular weight excluding hydrogens is 410 g/mol. The maximum absolute atomic E-state index is 12.8. The second-order valence-corrected chi connectivity index (χ2v) is 7.60. The summed E-state index contributed by atoms with van der Waals surface area (Å²) in [5.41, 5.74) is 6.94. The van der Waals surface area contributed by atoms with Crippen LogP contribution in [0.5, 0.6) is 11.5 Å². The van der Waals surface area contributed by atoms with Gasteiger partial charge in [0.05, 0.1) is 32.9 Å². The molecule has 0 fully saturated rings. The highest BCUT2D eigenvalue weighted by atomic mass is 32.1. The van der Waals surface area contributed by atoms with Crippen LogP contribution in [-0.2, 0) is 17.7 Å². The third-order valence-electron chi connectivity index (χ3n) is 4.67. The number of nitrogens with zero attached hydrogens (tertiary/aromatic N) is 1. The number of nitrogens with one attached hydrogen (secondary N) is 1. The Hall–Kier alpha value is -3.27. The highest BCUT2D eigenvalue weighted by Gasteiger charge is 2.30. The number of anilines is 1. The molecule has 10 heteroatoms. The molecule has 1 aromatic heterocycles. The molecule has 3 rings (SSSR count). The Morgan fingerprint density at radius 3 is 2.40 bits per heavy atom. The lowest BCUT2D eigenvalue weighted by Crippen LogP contribution is -2.36. The number of rotatable bonds is 6. The fourth-order valence-corrected chi connectivity index (χ4v) is 4.50. The van der Waals surface area contributed by atoms with E-state index in [2.05, 4.69) is 5.32 Å². The third kappa shape index (κ3) is 4.33. The lowest BCUT2D eigenvalue weighted by atomic mass is 10.0. The molecule has 3 N–H and O–H groups in total. The zero-order chi connectivity index (χ0) is 21.8. The first-order chi connectivity index (χ1) is 14.4. The van der Waals surface area contributed by atoms with Gasteiger partial charge in [0.1, 0.15) is 16.5 Å². The van der Waals surface area contributed by atoms with Crippen LogP contribution in [0.4, 0.5) is 9.80 Å². The number of fused-ring (bicyclic) bond motifs is 1. The minimum Gasteiger partial charge on any atom is -0.497 e. The van der Waals surface area contributed by atoms with Gasteiger partial charge in [0, 0.05) is 23.1 Å². The maximum Gasteiger partial charge on any atom is 0.410 e. The fourth-order valence-electron chi connectivity index (χ4n) is 3.24. The summed E-state index contributed by atoms with van der Waals surface area (Å²) < 4.78 is 15.5. The molecule has 2 aromatic rings. The number of benzene rings is 1. The van der Waals surface area contributed by atoms with Crippen molar-refractivity contribution < 1.29 is 28.6 Å². The van der Waals surface area contributed by atoms with Crippen LogP contribution in [0.2, 0.25) is 0 Å². The Bertz CT molecular complexity index is 965. The predicted octanol–water partition coefficient (Wildman–Crippen LogP) is 2.63. The van der Waals surface area contributed by atoms with Crippen molar-refractivity contribution in [2.24, 2.45) is 5.73 Å². The van der Waals surface area contributed by atoms with Crippen molar-refractivity contribution in [2.75, 3.05) is 32.7 Å². The van der Waals surface area contributed by atoms with Crippen LogP contribution in [0.3, 0.4) is 0 Å². The molecule has 0 spiro atoms. The van der Waals surface area contributed by atoms with Gasteiger partial charge in [-0.3, -0.25) is 9.59 Å². The molecule has 1 aliphatic rings. The van der Waals surface area contributed by atoms with Crippen LogP contribution in [0.25, 0.3) is 0 Å². The first-order valence-corrected chi connectivity index (χ1v) is 10.1. The van der Waals surface area contributed by atoms with E-state index in [0.29, 0.717) is 41.6 Å². The van der Waals surface area contributed by atoms with Gasteiger partial charge in [-0.05, 0) is 31.0 Å². The molecule has 0 atom stereocenters. The highest BCUT2D eigenvalue weighted by Crippen LogP contribution is 2.37. The van der Waals surface area contributed by atoms with E-state index in [1.807, 2.05) is 0 Å². The van der Waals surface area contributed by atoms with E-state index < -0.39 is 17.9 Å². The summed E-state index contributed by atoms with van der Waals surface area (Å²) in [6.07, 6.45) is 0.0393. The largest absolute Gasteiger partial charge is 0.497 e. The number of carbonyl (C=O) groups is 3. The van der Waals surface area contributed by atoms with Crippen LogP contribution in [-0.4, -0.2) is 50.2 Å². The normalized spacial score (nSPS) is 12.7. The number of amides is 3. The van der Waals surface area contributed by atoms with Crippen molar-refractivity contribution in [1.29, 1.82) is 0 Å². The van der Waals surface area contributed by atoms with E-state index in [4.69, 9.17) is 19.9 Å². The Morgan fingerprint density at radius 1 is 1.17 bits per heavy atom. The summed E-state index contributed by atoms with van der Waals surface area (Å²) in [6.45, 7) is 2.72. The van der Waals surface area contributed by atoms with E-state index in [-0.39, 0.29) is 12.2 Å². The molecule has 1 aliphatic heterocycles. The van der Waals surface area contributed by atoms with Crippen molar-refractivity contribution in [3.05, 3.63) is 39.8 Å². The fraction of sp³-hybridized carbons (Fsp3) is 0.350. The molecule has 0 saturated heterocycles. The third-order valence-corrected chi connectivity index (χ3v) is 5.80. The van der Waals surface area contributed by atoms with Crippen LogP contribution in [0, 0.1) is 0 Å². The van der Waals surface area contributed by atoms with Gasteiger partial charge in [0.25, 0.3) is 11.8 Å². The molecule has 9 nitrogen and oxygen atoms in total. The molecule has 160 valence electrons. The van der Waals surface area contributed by atoms with Crippen molar-refractivity contribution in [2.45, 2.75) is 19.9 Å². The molecular formula is C20H23N3O6S. The maximum atomic E-state index is 12.8. The summed E-state index contributed by atoms with van der Waals surface area (Å²) in [7, 11) is 2.98. The van der Waals surface area contributed by atoms with Crippen molar-refractivity contribution in [3.8, 4) is 11.5 Å². The minimum atomic E-state index is -0.629. The predicted molar refractivity (Wildman–Crippen MR) is 111 cm³/mol. The van der Waals surface area contributed by atoms with E-state index in [1.54, 1.807) is 30.0 Å². The van der Waals surface area contributed by atoms with Crippen LogP contribution < -0.4 is 20.5 Å². The first-order valence-electron chi connectivity index (χ1n) is 9.28. The van der Waals surface area contributed by atoms with Gasteiger partial charge >= 0.3 is 6.09 Å². The minimum absolute atomic E-state index is 0.279. The average molecular weight is 433 g/mol. The van der Waals surface area contributed by atoms with E-state index in [1.165, 1.54) is 25.6 Å². The number of carbonyl (C=O) groups excluding carboxylic acids is 3. The number of hydrogen-bond acceptors (Lipinski definition) is 7. The number of hydrogen-bond donors (Lipinski definition) is 2. The zero-order valence-electron chi connectivity index (χ0n) is 16.9. The summed E-state index contributed by atoms with van der Waals surface area (Å²) in [6, 6.07) is 4.79. The van der Waals surface area contributed by atoms with Crippen molar-refractivity contribution in [3.63, 3.8) is 0 Å². The van der Waals surface area contributed by atoms with E-state index in [9.17, 15) is 14.4 Å². The SMILES string of the molecule is CCOC(=O)N1CCc2c(sc(NC(=O)c3cc(OC)cc(OC)c3)c2C(N)=O)C1. The lowest BCUT2D eigenvalue weighted by Gasteiger charge is -2.26. The highest BCUT2D eigenvalue weighted by molar-refractivity contribution is 7.17. The summed E-state index contributed by atoms with van der Waals surface area (Å²) in [4.78, 5) is 39.4. The topological polar surface area (TPSA) is 120 Å². The smallest absolute Gasteiger partial charge is 0.410 e. The van der Waals surface area contributed by atoms with Gasteiger partial charge < -0.3 is 30.2 Å². The van der Waals surface area contributed by atoms with Crippen LogP contribution in [0.15, 0.2) is 18.2 Å². The van der Waals surface area contributed by atoms with Gasteiger partial charge in [-0.2, -0.15) is 0 Å². The Labute approximate surface area is 177 Å². The molecule has 0 aliphatic carbocycles. The molecule has 0 saturated carbocycles. The number of primary amides is 1. The first kappa shape index (κ1) is 21.4. The van der Waals surface area contributed by atoms with E-state index >= 15 is 0 Å². The number of ether oxygens (including phenoxy) is 3. The van der Waals surface area contributed by atoms with Crippen LogP contribution >= 0.6 is 11.3 Å². The zero-order valence-corrected chi connectivity index (χ0v) is 17.8. The van der Waals surface area contributed by atoms with Crippen molar-refractivity contribution in [1.82, 2.24) is 4.90 Å². The van der Waals surface area contributed by atoms with Gasteiger partial charge in [-0.25, -0.2) is 4.79 Å². The molecule has 3 amide bonds. The Morgan fingerprint density at radius 2 is 1.83 bits per heavy atom. The number of nitrogens with two attached hydrogens (primary N) is 1. The Balaban J connectivity index is 1.89. The number of methoxy groups -OCH3 is 2. The summed E-state index contributed by atoms with van der Waals surface area (Å²) in [5.74, 6) is -0.137. The monoisotopic (exact) mass is 433 g/mol. The summed E-state index contributed by atoms with van der Waals surface area (Å²) >= 11 is 1.23. The lowest BCUT2D eigenvalue weighted by molar-refractivity contribution is 0.0997. The van der Waals surface area contributed by atoms with Gasteiger partial charge in [0.15, 0.2) is 0 Å². The average Bonchev–Trinajstić information content (AvgIpc) is 3.10.